The van der Waals surface area contributed by atoms with Crippen LogP contribution in [0.5, 0.6) is 0 Å². The molecule has 3 heterocycles. The van der Waals surface area contributed by atoms with Crippen LogP contribution in [0.15, 0.2) is 18.7 Å². The second kappa shape index (κ2) is 6.86. The summed E-state index contributed by atoms with van der Waals surface area (Å²) in [5, 5.41) is 23.3. The fourth-order valence-electron chi connectivity index (χ4n) is 2.06. The Morgan fingerprint density at radius 1 is 1.35 bits per heavy atom. The summed E-state index contributed by atoms with van der Waals surface area (Å²) in [6.07, 6.45) is 5.18. The lowest BCUT2D eigenvalue weighted by Crippen LogP contribution is -2.32. The monoisotopic (exact) mass is 334 g/mol. The Hall–Kier alpha value is -2.30. The van der Waals surface area contributed by atoms with Gasteiger partial charge in [-0.1, -0.05) is 0 Å². The van der Waals surface area contributed by atoms with Gasteiger partial charge >= 0.3 is 0 Å². The van der Waals surface area contributed by atoms with Crippen LogP contribution in [0.1, 0.15) is 4.88 Å². The topological polar surface area (TPSA) is 113 Å². The van der Waals surface area contributed by atoms with Gasteiger partial charge in [0.2, 0.25) is 0 Å². The van der Waals surface area contributed by atoms with Gasteiger partial charge in [-0.25, -0.2) is 15.0 Å². The lowest BCUT2D eigenvalue weighted by molar-refractivity contribution is 0.175. The first-order chi connectivity index (χ1) is 11.2. The van der Waals surface area contributed by atoms with Gasteiger partial charge in [-0.3, -0.25) is 10.00 Å². The molecule has 3 aromatic rings. The molecule has 3 aromatic heterocycles. The van der Waals surface area contributed by atoms with Crippen molar-refractivity contribution in [2.24, 2.45) is 7.05 Å². The van der Waals surface area contributed by atoms with Crippen molar-refractivity contribution in [2.75, 3.05) is 24.2 Å². The minimum absolute atomic E-state index is 0.677. The molecule has 0 aliphatic rings. The number of hydrogen-bond donors (Lipinski definition) is 4. The summed E-state index contributed by atoms with van der Waals surface area (Å²) in [4.78, 5) is 13.8. The van der Waals surface area contributed by atoms with Gasteiger partial charge in [-0.05, 0) is 7.05 Å². The number of thiazole rings is 1. The molecule has 1 atom stereocenters. The average Bonchev–Trinajstić information content (AvgIpc) is 3.13. The van der Waals surface area contributed by atoms with Crippen LogP contribution in [0.25, 0.3) is 11.0 Å². The predicted molar refractivity (Wildman–Crippen MR) is 89.3 cm³/mol. The second-order valence-electron chi connectivity index (χ2n) is 4.90. The van der Waals surface area contributed by atoms with Crippen molar-refractivity contribution in [1.82, 2.24) is 30.0 Å². The standard InChI is InChI=1S/C13H18N8OS/c1-14-12(22)19-13-16-5-8(23-13)3-4-15-11-10-9(17-7-18-11)6-21(2)20-10/h5-7,12,14,22H,3-4H2,1-2H3,(H,16,19)(H,15,17,18). The molecule has 0 bridgehead atoms. The molecular weight excluding hydrogens is 316 g/mol. The fraction of sp³-hybridized carbons (Fsp3) is 0.385. The Kier molecular flexibility index (Phi) is 4.65. The first kappa shape index (κ1) is 15.6. The summed E-state index contributed by atoms with van der Waals surface area (Å²) >= 11 is 1.50. The molecule has 1 unspecified atom stereocenters. The highest BCUT2D eigenvalue weighted by Crippen LogP contribution is 2.20. The van der Waals surface area contributed by atoms with Crippen LogP contribution in [0.2, 0.25) is 0 Å². The molecule has 122 valence electrons. The Labute approximate surface area is 136 Å². The second-order valence-corrected chi connectivity index (χ2v) is 6.02. The number of anilines is 2. The van der Waals surface area contributed by atoms with Crippen LogP contribution in [-0.4, -0.2) is 49.8 Å². The zero-order valence-corrected chi connectivity index (χ0v) is 13.6. The Morgan fingerprint density at radius 3 is 3.04 bits per heavy atom. The molecule has 0 saturated heterocycles. The number of aromatic nitrogens is 5. The smallest absolute Gasteiger partial charge is 0.185 e. The van der Waals surface area contributed by atoms with Crippen molar-refractivity contribution in [3.05, 3.63) is 23.6 Å². The van der Waals surface area contributed by atoms with E-state index in [2.05, 4.69) is 36.0 Å². The van der Waals surface area contributed by atoms with E-state index in [1.54, 1.807) is 17.9 Å². The van der Waals surface area contributed by atoms with E-state index in [0.29, 0.717) is 11.7 Å². The SMILES string of the molecule is CNC(O)Nc1ncc(CCNc2ncnc3cn(C)nc23)s1. The maximum atomic E-state index is 9.46. The molecule has 0 spiro atoms. The maximum absolute atomic E-state index is 9.46. The van der Waals surface area contributed by atoms with Gasteiger partial charge in [-0.2, -0.15) is 5.10 Å². The molecule has 0 aliphatic heterocycles. The zero-order chi connectivity index (χ0) is 16.2. The predicted octanol–water partition coefficient (Wildman–Crippen LogP) is 0.382. The van der Waals surface area contributed by atoms with Gasteiger partial charge in [0, 0.05) is 31.1 Å². The van der Waals surface area contributed by atoms with Crippen LogP contribution in [0, 0.1) is 0 Å². The lowest BCUT2D eigenvalue weighted by Gasteiger charge is -2.08. The van der Waals surface area contributed by atoms with Gasteiger partial charge in [0.25, 0.3) is 0 Å². The highest BCUT2D eigenvalue weighted by molar-refractivity contribution is 7.15. The van der Waals surface area contributed by atoms with E-state index in [0.717, 1.165) is 28.1 Å². The highest BCUT2D eigenvalue weighted by Gasteiger charge is 2.08. The van der Waals surface area contributed by atoms with Gasteiger partial charge < -0.3 is 15.7 Å². The minimum atomic E-state index is -0.800. The number of nitrogens with one attached hydrogen (secondary N) is 3. The van der Waals surface area contributed by atoms with Gasteiger partial charge in [0.15, 0.2) is 22.8 Å². The summed E-state index contributed by atoms with van der Waals surface area (Å²) in [7, 11) is 3.52. The Balaban J connectivity index is 1.58. The molecule has 0 saturated carbocycles. The van der Waals surface area contributed by atoms with Crippen molar-refractivity contribution in [3.63, 3.8) is 0 Å². The number of aliphatic hydroxyl groups is 1. The molecule has 10 heteroatoms. The number of hydrogen-bond acceptors (Lipinski definition) is 9. The molecule has 23 heavy (non-hydrogen) atoms. The molecule has 0 fully saturated rings. The number of rotatable bonds is 7. The van der Waals surface area contributed by atoms with Gasteiger partial charge in [0.1, 0.15) is 11.8 Å². The molecule has 4 N–H and O–H groups in total. The van der Waals surface area contributed by atoms with Gasteiger partial charge in [0.05, 0.1) is 6.20 Å². The molecule has 0 aliphatic carbocycles. The molecule has 0 aromatic carbocycles. The van der Waals surface area contributed by atoms with Crippen molar-refractivity contribution < 1.29 is 5.11 Å². The van der Waals surface area contributed by atoms with Crippen molar-refractivity contribution in [2.45, 2.75) is 12.8 Å². The number of aryl methyl sites for hydroxylation is 1. The molecule has 3 rings (SSSR count). The number of nitrogens with zero attached hydrogens (tertiary/aromatic N) is 5. The average molecular weight is 334 g/mol. The molecule has 9 nitrogen and oxygen atoms in total. The Bertz CT molecular complexity index is 785. The summed E-state index contributed by atoms with van der Waals surface area (Å²) in [6, 6.07) is 0. The van der Waals surface area contributed by atoms with Crippen LogP contribution in [0.3, 0.4) is 0 Å². The van der Waals surface area contributed by atoms with Crippen LogP contribution in [0.4, 0.5) is 10.9 Å². The lowest BCUT2D eigenvalue weighted by atomic mass is 10.3. The van der Waals surface area contributed by atoms with E-state index in [9.17, 15) is 5.11 Å². The number of aliphatic hydroxyl groups excluding tert-OH is 1. The van der Waals surface area contributed by atoms with Crippen molar-refractivity contribution >= 4 is 33.3 Å². The van der Waals surface area contributed by atoms with E-state index in [1.807, 2.05) is 13.2 Å². The van der Waals surface area contributed by atoms with E-state index in [4.69, 9.17) is 0 Å². The molecule has 0 radical (unpaired) electrons. The Morgan fingerprint density at radius 2 is 2.22 bits per heavy atom. The quantitative estimate of drug-likeness (QED) is 0.459. The van der Waals surface area contributed by atoms with Crippen molar-refractivity contribution in [1.29, 1.82) is 0 Å². The van der Waals surface area contributed by atoms with Gasteiger partial charge in [-0.15, -0.1) is 11.3 Å². The normalized spacial score (nSPS) is 12.5. The summed E-state index contributed by atoms with van der Waals surface area (Å²) in [6.45, 7) is 0.707. The zero-order valence-electron chi connectivity index (χ0n) is 12.8. The third-order valence-electron chi connectivity index (χ3n) is 3.17. The van der Waals surface area contributed by atoms with E-state index < -0.39 is 6.35 Å². The van der Waals surface area contributed by atoms with E-state index in [1.165, 1.54) is 17.7 Å². The first-order valence-corrected chi connectivity index (χ1v) is 7.92. The first-order valence-electron chi connectivity index (χ1n) is 7.10. The van der Waals surface area contributed by atoms with E-state index in [-0.39, 0.29) is 0 Å². The minimum Gasteiger partial charge on any atom is -0.368 e. The maximum Gasteiger partial charge on any atom is 0.185 e. The molecule has 0 amide bonds. The third kappa shape index (κ3) is 3.73. The number of fused-ring (bicyclic) bond motifs is 1. The summed E-state index contributed by atoms with van der Waals surface area (Å²) < 4.78 is 1.72. The van der Waals surface area contributed by atoms with Crippen molar-refractivity contribution in [3.8, 4) is 0 Å². The van der Waals surface area contributed by atoms with Crippen LogP contribution in [-0.2, 0) is 13.5 Å². The molecular formula is C13H18N8OS. The summed E-state index contributed by atoms with van der Waals surface area (Å²) in [5.74, 6) is 0.726. The van der Waals surface area contributed by atoms with Crippen LogP contribution >= 0.6 is 11.3 Å². The summed E-state index contributed by atoms with van der Waals surface area (Å²) in [5.41, 5.74) is 1.58. The van der Waals surface area contributed by atoms with Crippen LogP contribution < -0.4 is 16.0 Å². The fourth-order valence-corrected chi connectivity index (χ4v) is 2.90. The largest absolute Gasteiger partial charge is 0.368 e. The third-order valence-corrected chi connectivity index (χ3v) is 4.16. The highest BCUT2D eigenvalue weighted by atomic mass is 32.1. The van der Waals surface area contributed by atoms with E-state index >= 15 is 0 Å².